The van der Waals surface area contributed by atoms with Crippen LogP contribution in [-0.4, -0.2) is 10.9 Å². The number of nitrogens with zero attached hydrogens (tertiary/aromatic N) is 1. The van der Waals surface area contributed by atoms with Gasteiger partial charge in [0.05, 0.1) is 11.9 Å². The largest absolute Gasteiger partial charge is 0.326 e. The van der Waals surface area contributed by atoms with E-state index in [9.17, 15) is 4.79 Å². The molecule has 1 heterocycles. The van der Waals surface area contributed by atoms with Crippen LogP contribution in [-0.2, 0) is 11.3 Å². The first-order chi connectivity index (χ1) is 5.72. The zero-order valence-electron chi connectivity index (χ0n) is 6.87. The molecule has 0 atom stereocenters. The molecule has 0 aromatic carbocycles. The number of aromatic nitrogens is 1. The minimum Gasteiger partial charge on any atom is -0.326 e. The molecule has 0 saturated carbocycles. The van der Waals surface area contributed by atoms with E-state index in [0.717, 1.165) is 5.56 Å². The number of anilines is 1. The van der Waals surface area contributed by atoms with Crippen LogP contribution < -0.4 is 11.1 Å². The number of nitrogens with one attached hydrogen (secondary N) is 1. The third-order valence-electron chi connectivity index (χ3n) is 1.35. The van der Waals surface area contributed by atoms with Crippen LogP contribution in [0.25, 0.3) is 0 Å². The third-order valence-corrected chi connectivity index (χ3v) is 1.35. The van der Waals surface area contributed by atoms with Crippen molar-refractivity contribution in [2.24, 2.45) is 5.73 Å². The first-order valence-corrected chi connectivity index (χ1v) is 3.64. The highest BCUT2D eigenvalue weighted by Crippen LogP contribution is 2.06. The Morgan fingerprint density at radius 2 is 2.42 bits per heavy atom. The average molecular weight is 165 g/mol. The van der Waals surface area contributed by atoms with Crippen molar-refractivity contribution in [1.82, 2.24) is 4.98 Å². The van der Waals surface area contributed by atoms with E-state index in [1.165, 1.54) is 6.92 Å². The molecular weight excluding hydrogens is 154 g/mol. The minimum atomic E-state index is -0.106. The van der Waals surface area contributed by atoms with Gasteiger partial charge in [-0.1, -0.05) is 0 Å². The lowest BCUT2D eigenvalue weighted by Gasteiger charge is -2.02. The second-order valence-electron chi connectivity index (χ2n) is 2.47. The van der Waals surface area contributed by atoms with Crippen LogP contribution in [0.2, 0.25) is 0 Å². The van der Waals surface area contributed by atoms with E-state index in [2.05, 4.69) is 10.3 Å². The summed E-state index contributed by atoms with van der Waals surface area (Å²) < 4.78 is 0. The fourth-order valence-electron chi connectivity index (χ4n) is 0.871. The smallest absolute Gasteiger partial charge is 0.221 e. The van der Waals surface area contributed by atoms with Gasteiger partial charge in [0.2, 0.25) is 5.91 Å². The fraction of sp³-hybridized carbons (Fsp3) is 0.250. The maximum Gasteiger partial charge on any atom is 0.221 e. The molecule has 3 N–H and O–H groups in total. The molecule has 1 rings (SSSR count). The summed E-state index contributed by atoms with van der Waals surface area (Å²) in [6.07, 6.45) is 3.26. The summed E-state index contributed by atoms with van der Waals surface area (Å²) in [5.41, 5.74) is 6.99. The number of carbonyl (C=O) groups is 1. The monoisotopic (exact) mass is 165 g/mol. The highest BCUT2D eigenvalue weighted by Gasteiger charge is 1.96. The number of nitrogens with two attached hydrogens (primary N) is 1. The molecule has 12 heavy (non-hydrogen) atoms. The summed E-state index contributed by atoms with van der Waals surface area (Å²) in [5, 5.41) is 2.62. The van der Waals surface area contributed by atoms with Crippen molar-refractivity contribution in [3.05, 3.63) is 24.0 Å². The molecule has 0 aliphatic rings. The molecule has 4 heteroatoms. The Kier molecular flexibility index (Phi) is 2.76. The van der Waals surface area contributed by atoms with Gasteiger partial charge in [0.15, 0.2) is 0 Å². The van der Waals surface area contributed by atoms with Crippen LogP contribution in [0.15, 0.2) is 18.5 Å². The normalized spacial score (nSPS) is 9.50. The SMILES string of the molecule is CC(=O)Nc1cncc(CN)c1. The minimum absolute atomic E-state index is 0.106. The van der Waals surface area contributed by atoms with Gasteiger partial charge in [-0.3, -0.25) is 9.78 Å². The first kappa shape index (κ1) is 8.67. The van der Waals surface area contributed by atoms with E-state index >= 15 is 0 Å². The Morgan fingerprint density at radius 3 is 3.00 bits per heavy atom. The second kappa shape index (κ2) is 3.82. The number of carbonyl (C=O) groups excluding carboxylic acids is 1. The van der Waals surface area contributed by atoms with Gasteiger partial charge in [0.25, 0.3) is 0 Å². The predicted molar refractivity (Wildman–Crippen MR) is 46.4 cm³/mol. The van der Waals surface area contributed by atoms with Gasteiger partial charge in [-0.25, -0.2) is 0 Å². The Hall–Kier alpha value is -1.42. The van der Waals surface area contributed by atoms with Crippen molar-refractivity contribution in [3.8, 4) is 0 Å². The van der Waals surface area contributed by atoms with Gasteiger partial charge in [0.1, 0.15) is 0 Å². The Balaban J connectivity index is 2.79. The van der Waals surface area contributed by atoms with Gasteiger partial charge < -0.3 is 11.1 Å². The van der Waals surface area contributed by atoms with Gasteiger partial charge in [-0.2, -0.15) is 0 Å². The zero-order valence-corrected chi connectivity index (χ0v) is 6.87. The second-order valence-corrected chi connectivity index (χ2v) is 2.47. The lowest BCUT2D eigenvalue weighted by molar-refractivity contribution is -0.114. The maximum atomic E-state index is 10.6. The summed E-state index contributed by atoms with van der Waals surface area (Å²) in [4.78, 5) is 14.6. The van der Waals surface area contributed by atoms with Crippen molar-refractivity contribution < 1.29 is 4.79 Å². The molecule has 0 radical (unpaired) electrons. The quantitative estimate of drug-likeness (QED) is 0.670. The van der Waals surface area contributed by atoms with E-state index in [0.29, 0.717) is 12.2 Å². The van der Waals surface area contributed by atoms with Crippen molar-refractivity contribution in [3.63, 3.8) is 0 Å². The molecule has 1 aromatic heterocycles. The van der Waals surface area contributed by atoms with E-state index < -0.39 is 0 Å². The number of rotatable bonds is 2. The topological polar surface area (TPSA) is 68.0 Å². The molecule has 64 valence electrons. The maximum absolute atomic E-state index is 10.6. The highest BCUT2D eigenvalue weighted by molar-refractivity contribution is 5.88. The molecule has 0 bridgehead atoms. The van der Waals surface area contributed by atoms with Gasteiger partial charge in [0, 0.05) is 19.7 Å². The molecule has 1 aromatic rings. The van der Waals surface area contributed by atoms with Crippen LogP contribution in [0.1, 0.15) is 12.5 Å². The van der Waals surface area contributed by atoms with Crippen molar-refractivity contribution in [2.45, 2.75) is 13.5 Å². The van der Waals surface area contributed by atoms with Gasteiger partial charge >= 0.3 is 0 Å². The number of hydrogen-bond donors (Lipinski definition) is 2. The Bertz CT molecular complexity index is 285. The molecule has 1 amide bonds. The van der Waals surface area contributed by atoms with Crippen LogP contribution in [0.4, 0.5) is 5.69 Å². The van der Waals surface area contributed by atoms with Crippen molar-refractivity contribution >= 4 is 11.6 Å². The van der Waals surface area contributed by atoms with E-state index in [1.807, 2.05) is 0 Å². The lowest BCUT2D eigenvalue weighted by atomic mass is 10.2. The third kappa shape index (κ3) is 2.32. The predicted octanol–water partition coefficient (Wildman–Crippen LogP) is 0.499. The molecule has 0 fully saturated rings. The van der Waals surface area contributed by atoms with Crippen LogP contribution in [0, 0.1) is 0 Å². The van der Waals surface area contributed by atoms with Gasteiger partial charge in [-0.05, 0) is 11.6 Å². The lowest BCUT2D eigenvalue weighted by Crippen LogP contribution is -2.07. The summed E-state index contributed by atoms with van der Waals surface area (Å²) in [6.45, 7) is 1.88. The van der Waals surface area contributed by atoms with E-state index in [1.54, 1.807) is 18.5 Å². The Morgan fingerprint density at radius 1 is 1.67 bits per heavy atom. The molecule has 0 aliphatic heterocycles. The van der Waals surface area contributed by atoms with E-state index in [-0.39, 0.29) is 5.91 Å². The highest BCUT2D eigenvalue weighted by atomic mass is 16.1. The average Bonchev–Trinajstić information content (AvgIpc) is 2.03. The van der Waals surface area contributed by atoms with Crippen LogP contribution >= 0.6 is 0 Å². The number of amides is 1. The molecular formula is C8H11N3O. The number of pyridine rings is 1. The zero-order chi connectivity index (χ0) is 8.97. The van der Waals surface area contributed by atoms with Crippen LogP contribution in [0.5, 0.6) is 0 Å². The van der Waals surface area contributed by atoms with Gasteiger partial charge in [-0.15, -0.1) is 0 Å². The van der Waals surface area contributed by atoms with Crippen molar-refractivity contribution in [2.75, 3.05) is 5.32 Å². The molecule has 0 saturated heterocycles. The summed E-state index contributed by atoms with van der Waals surface area (Å²) in [5.74, 6) is -0.106. The Labute approximate surface area is 70.8 Å². The van der Waals surface area contributed by atoms with Crippen LogP contribution in [0.3, 0.4) is 0 Å². The molecule has 0 spiro atoms. The molecule has 4 nitrogen and oxygen atoms in total. The van der Waals surface area contributed by atoms with E-state index in [4.69, 9.17) is 5.73 Å². The first-order valence-electron chi connectivity index (χ1n) is 3.64. The summed E-state index contributed by atoms with van der Waals surface area (Å²) >= 11 is 0. The van der Waals surface area contributed by atoms with Crippen molar-refractivity contribution in [1.29, 1.82) is 0 Å². The molecule has 0 unspecified atom stereocenters. The fourth-order valence-corrected chi connectivity index (χ4v) is 0.871. The standard InChI is InChI=1S/C8H11N3O/c1-6(12)11-8-2-7(3-9)4-10-5-8/h2,4-5H,3,9H2,1H3,(H,11,12). The summed E-state index contributed by atoms with van der Waals surface area (Å²) in [6, 6.07) is 1.80. The number of hydrogen-bond acceptors (Lipinski definition) is 3. The summed E-state index contributed by atoms with van der Waals surface area (Å²) in [7, 11) is 0. The molecule has 0 aliphatic carbocycles.